The minimum Gasteiger partial charge on any atom is -0.326 e. The number of hydrogen-bond donors (Lipinski definition) is 2. The Morgan fingerprint density at radius 2 is 1.90 bits per heavy atom. The Labute approximate surface area is 64.0 Å². The molecule has 0 aromatic heterocycles. The quantitative estimate of drug-likeness (QED) is 0.623. The molecule has 0 saturated heterocycles. The van der Waals surface area contributed by atoms with Gasteiger partial charge < -0.3 is 11.5 Å². The van der Waals surface area contributed by atoms with Crippen LogP contribution in [0.1, 0.15) is 40.0 Å². The summed E-state index contributed by atoms with van der Waals surface area (Å²) in [6.45, 7) is 6.12. The molecule has 0 aliphatic heterocycles. The molecule has 0 saturated carbocycles. The topological polar surface area (TPSA) is 52.0 Å². The minimum absolute atomic E-state index is 0.146. The highest BCUT2D eigenvalue weighted by Gasteiger charge is 2.19. The molecule has 2 nitrogen and oxygen atoms in total. The third-order valence-electron chi connectivity index (χ3n) is 1.82. The van der Waals surface area contributed by atoms with E-state index in [-0.39, 0.29) is 11.6 Å². The number of hydrogen-bond acceptors (Lipinski definition) is 2. The Kier molecular flexibility index (Phi) is 3.91. The fraction of sp³-hybridized carbons (Fsp3) is 1.00. The van der Waals surface area contributed by atoms with Gasteiger partial charge in [0, 0.05) is 11.6 Å². The van der Waals surface area contributed by atoms with Crippen molar-refractivity contribution in [2.45, 2.75) is 51.6 Å². The molecule has 2 heteroatoms. The average molecular weight is 144 g/mol. The van der Waals surface area contributed by atoms with E-state index in [9.17, 15) is 0 Å². The van der Waals surface area contributed by atoms with Crippen LogP contribution in [0.5, 0.6) is 0 Å². The van der Waals surface area contributed by atoms with Crippen molar-refractivity contribution >= 4 is 0 Å². The first-order chi connectivity index (χ1) is 4.48. The molecule has 0 amide bonds. The second-order valence-electron chi connectivity index (χ2n) is 3.57. The normalized spacial score (nSPS) is 15.3. The van der Waals surface area contributed by atoms with Crippen LogP contribution in [0.25, 0.3) is 0 Å². The lowest BCUT2D eigenvalue weighted by molar-refractivity contribution is 0.381. The van der Waals surface area contributed by atoms with E-state index in [4.69, 9.17) is 11.5 Å². The van der Waals surface area contributed by atoms with Crippen molar-refractivity contribution in [3.05, 3.63) is 0 Å². The molecule has 62 valence electrons. The van der Waals surface area contributed by atoms with Gasteiger partial charge in [-0.2, -0.15) is 0 Å². The summed E-state index contributed by atoms with van der Waals surface area (Å²) in [7, 11) is 0. The van der Waals surface area contributed by atoms with Crippen LogP contribution in [0, 0.1) is 0 Å². The van der Waals surface area contributed by atoms with Gasteiger partial charge in [0.1, 0.15) is 0 Å². The zero-order chi connectivity index (χ0) is 8.20. The van der Waals surface area contributed by atoms with Gasteiger partial charge in [0.05, 0.1) is 0 Å². The first kappa shape index (κ1) is 9.92. The molecule has 0 bridgehead atoms. The van der Waals surface area contributed by atoms with E-state index in [0.717, 1.165) is 6.42 Å². The minimum atomic E-state index is -0.213. The Balaban J connectivity index is 3.52. The monoisotopic (exact) mass is 144 g/mol. The van der Waals surface area contributed by atoms with Gasteiger partial charge in [-0.25, -0.2) is 0 Å². The largest absolute Gasteiger partial charge is 0.326 e. The summed E-state index contributed by atoms with van der Waals surface area (Å²) >= 11 is 0. The lowest BCUT2D eigenvalue weighted by atomic mass is 9.92. The van der Waals surface area contributed by atoms with Gasteiger partial charge in [-0.3, -0.25) is 0 Å². The highest BCUT2D eigenvalue weighted by Crippen LogP contribution is 2.09. The van der Waals surface area contributed by atoms with Crippen LogP contribution >= 0.6 is 0 Å². The zero-order valence-electron chi connectivity index (χ0n) is 7.35. The van der Waals surface area contributed by atoms with Crippen LogP contribution < -0.4 is 11.5 Å². The highest BCUT2D eigenvalue weighted by atomic mass is 14.8. The third kappa shape index (κ3) is 3.85. The Bertz CT molecular complexity index is 83.7. The SMILES string of the molecule is CCCCC(N)C(C)(C)N. The van der Waals surface area contributed by atoms with E-state index in [2.05, 4.69) is 6.92 Å². The van der Waals surface area contributed by atoms with Crippen LogP contribution in [-0.4, -0.2) is 11.6 Å². The molecule has 1 unspecified atom stereocenters. The maximum absolute atomic E-state index is 5.81. The van der Waals surface area contributed by atoms with Crippen LogP contribution in [0.2, 0.25) is 0 Å². The van der Waals surface area contributed by atoms with Crippen LogP contribution in [0.3, 0.4) is 0 Å². The standard InChI is InChI=1S/C8H20N2/c1-4-5-6-7(9)8(2,3)10/h7H,4-6,9-10H2,1-3H3. The summed E-state index contributed by atoms with van der Waals surface area (Å²) in [4.78, 5) is 0. The van der Waals surface area contributed by atoms with Crippen molar-refractivity contribution in [2.24, 2.45) is 11.5 Å². The molecule has 0 spiro atoms. The van der Waals surface area contributed by atoms with E-state index < -0.39 is 0 Å². The fourth-order valence-electron chi connectivity index (χ4n) is 0.796. The third-order valence-corrected chi connectivity index (χ3v) is 1.82. The Morgan fingerprint density at radius 1 is 1.40 bits per heavy atom. The molecule has 4 N–H and O–H groups in total. The zero-order valence-corrected chi connectivity index (χ0v) is 7.35. The van der Waals surface area contributed by atoms with Crippen LogP contribution in [0.15, 0.2) is 0 Å². The van der Waals surface area contributed by atoms with Crippen molar-refractivity contribution in [3.8, 4) is 0 Å². The predicted octanol–water partition coefficient (Wildman–Crippen LogP) is 1.24. The second-order valence-corrected chi connectivity index (χ2v) is 3.57. The van der Waals surface area contributed by atoms with Gasteiger partial charge in [-0.05, 0) is 20.3 Å². The van der Waals surface area contributed by atoms with Crippen molar-refractivity contribution < 1.29 is 0 Å². The summed E-state index contributed by atoms with van der Waals surface area (Å²) in [5.74, 6) is 0. The van der Waals surface area contributed by atoms with Crippen molar-refractivity contribution in [2.75, 3.05) is 0 Å². The molecular formula is C8H20N2. The predicted molar refractivity (Wildman–Crippen MR) is 45.8 cm³/mol. The van der Waals surface area contributed by atoms with Gasteiger partial charge in [-0.1, -0.05) is 19.8 Å². The van der Waals surface area contributed by atoms with Gasteiger partial charge in [0.15, 0.2) is 0 Å². The molecule has 0 aromatic carbocycles. The highest BCUT2D eigenvalue weighted by molar-refractivity contribution is 4.84. The van der Waals surface area contributed by atoms with Gasteiger partial charge in [0.2, 0.25) is 0 Å². The molecule has 0 radical (unpaired) electrons. The maximum atomic E-state index is 5.81. The number of unbranched alkanes of at least 4 members (excludes halogenated alkanes) is 1. The molecule has 0 fully saturated rings. The van der Waals surface area contributed by atoms with E-state index in [1.807, 2.05) is 13.8 Å². The second kappa shape index (κ2) is 3.94. The summed E-state index contributed by atoms with van der Waals surface area (Å²) in [6, 6.07) is 0.146. The van der Waals surface area contributed by atoms with Crippen LogP contribution in [-0.2, 0) is 0 Å². The van der Waals surface area contributed by atoms with E-state index in [1.54, 1.807) is 0 Å². The molecule has 0 aliphatic carbocycles. The molecule has 0 aliphatic rings. The van der Waals surface area contributed by atoms with Gasteiger partial charge in [0.25, 0.3) is 0 Å². The van der Waals surface area contributed by atoms with E-state index in [1.165, 1.54) is 12.8 Å². The Hall–Kier alpha value is -0.0800. The molecular weight excluding hydrogens is 124 g/mol. The summed E-state index contributed by atoms with van der Waals surface area (Å²) in [5, 5.41) is 0. The molecule has 0 rings (SSSR count). The smallest absolute Gasteiger partial charge is 0.0250 e. The first-order valence-electron chi connectivity index (χ1n) is 4.03. The van der Waals surface area contributed by atoms with Crippen molar-refractivity contribution in [1.29, 1.82) is 0 Å². The van der Waals surface area contributed by atoms with Crippen molar-refractivity contribution in [3.63, 3.8) is 0 Å². The summed E-state index contributed by atoms with van der Waals surface area (Å²) in [5.41, 5.74) is 11.4. The fourth-order valence-corrected chi connectivity index (χ4v) is 0.796. The first-order valence-corrected chi connectivity index (χ1v) is 4.03. The van der Waals surface area contributed by atoms with E-state index >= 15 is 0 Å². The number of nitrogens with two attached hydrogens (primary N) is 2. The van der Waals surface area contributed by atoms with E-state index in [0.29, 0.717) is 0 Å². The summed E-state index contributed by atoms with van der Waals surface area (Å²) in [6.07, 6.45) is 3.42. The lowest BCUT2D eigenvalue weighted by Gasteiger charge is -2.26. The molecule has 0 heterocycles. The molecule has 0 aromatic rings. The maximum Gasteiger partial charge on any atom is 0.0250 e. The Morgan fingerprint density at radius 3 is 2.20 bits per heavy atom. The van der Waals surface area contributed by atoms with Crippen LogP contribution in [0.4, 0.5) is 0 Å². The van der Waals surface area contributed by atoms with Gasteiger partial charge in [-0.15, -0.1) is 0 Å². The molecule has 1 atom stereocenters. The average Bonchev–Trinajstić information content (AvgIpc) is 1.80. The number of rotatable bonds is 4. The molecule has 10 heavy (non-hydrogen) atoms. The van der Waals surface area contributed by atoms with Gasteiger partial charge >= 0.3 is 0 Å². The summed E-state index contributed by atoms with van der Waals surface area (Å²) < 4.78 is 0. The lowest BCUT2D eigenvalue weighted by Crippen LogP contribution is -2.50. The van der Waals surface area contributed by atoms with Crippen molar-refractivity contribution in [1.82, 2.24) is 0 Å².